The van der Waals surface area contributed by atoms with Crippen molar-refractivity contribution in [3.05, 3.63) is 34.9 Å². The van der Waals surface area contributed by atoms with Crippen LogP contribution in [0.5, 0.6) is 0 Å². The molecule has 2 atom stereocenters. The molecule has 2 rings (SSSR count). The lowest BCUT2D eigenvalue weighted by atomic mass is 10.1. The lowest BCUT2D eigenvalue weighted by Gasteiger charge is -2.08. The fourth-order valence-corrected chi connectivity index (χ4v) is 2.62. The van der Waals surface area contributed by atoms with E-state index in [2.05, 4.69) is 5.32 Å². The number of ether oxygens (including phenoxy) is 1. The van der Waals surface area contributed by atoms with Gasteiger partial charge in [0.25, 0.3) is 0 Å². The fourth-order valence-electron chi connectivity index (χ4n) is 2.34. The second kappa shape index (κ2) is 6.94. The number of carbonyl (C=O) groups excluding carboxylic acids is 2. The van der Waals surface area contributed by atoms with E-state index in [1.54, 1.807) is 13.8 Å². The Morgan fingerprint density at radius 2 is 2.10 bits per heavy atom. The molecule has 1 N–H and O–H groups in total. The van der Waals surface area contributed by atoms with Crippen molar-refractivity contribution in [2.75, 3.05) is 6.54 Å². The Bertz CT molecular complexity index is 530. The van der Waals surface area contributed by atoms with Crippen LogP contribution in [0.15, 0.2) is 24.3 Å². The summed E-state index contributed by atoms with van der Waals surface area (Å²) >= 11 is 6.13. The van der Waals surface area contributed by atoms with E-state index in [-0.39, 0.29) is 36.2 Å². The van der Waals surface area contributed by atoms with Crippen LogP contribution in [0.2, 0.25) is 5.02 Å². The molecule has 0 saturated heterocycles. The summed E-state index contributed by atoms with van der Waals surface area (Å²) in [6.07, 6.45) is 0.889. The van der Waals surface area contributed by atoms with E-state index >= 15 is 0 Å². The zero-order chi connectivity index (χ0) is 15.4. The van der Waals surface area contributed by atoms with Gasteiger partial charge in [-0.25, -0.2) is 0 Å². The normalized spacial score (nSPS) is 20.2. The molecular weight excluding hydrogens is 290 g/mol. The van der Waals surface area contributed by atoms with Crippen LogP contribution in [-0.2, 0) is 14.3 Å². The number of halogens is 1. The van der Waals surface area contributed by atoms with Crippen LogP contribution in [0.1, 0.15) is 38.2 Å². The molecule has 0 radical (unpaired) electrons. The number of hydrogen-bond acceptors (Lipinski definition) is 3. The van der Waals surface area contributed by atoms with E-state index in [4.69, 9.17) is 16.3 Å². The molecule has 1 aliphatic rings. The minimum absolute atomic E-state index is 0.0164. The average molecular weight is 310 g/mol. The van der Waals surface area contributed by atoms with Gasteiger partial charge >= 0.3 is 5.97 Å². The maximum absolute atomic E-state index is 12.0. The first-order chi connectivity index (χ1) is 9.99. The molecule has 2 unspecified atom stereocenters. The van der Waals surface area contributed by atoms with Gasteiger partial charge in [-0.05, 0) is 37.8 Å². The number of benzene rings is 1. The maximum atomic E-state index is 12.0. The second-order valence-electron chi connectivity index (χ2n) is 5.55. The third-order valence-corrected chi connectivity index (χ3v) is 3.77. The van der Waals surface area contributed by atoms with Gasteiger partial charge in [0.2, 0.25) is 5.91 Å². The molecule has 114 valence electrons. The van der Waals surface area contributed by atoms with Crippen LogP contribution in [0.3, 0.4) is 0 Å². The maximum Gasteiger partial charge on any atom is 0.307 e. The van der Waals surface area contributed by atoms with Crippen molar-refractivity contribution in [1.29, 1.82) is 0 Å². The van der Waals surface area contributed by atoms with Gasteiger partial charge in [0.15, 0.2) is 0 Å². The standard InChI is InChI=1S/C16H20ClNO3/c1-10(2)21-15(19)7-8-18-16(20)13-9-12(13)11-5-3-4-6-14(11)17/h3-6,10,12-13H,7-9H2,1-2H3,(H,18,20). The molecule has 1 saturated carbocycles. The van der Waals surface area contributed by atoms with Crippen molar-refractivity contribution in [3.63, 3.8) is 0 Å². The average Bonchev–Trinajstić information content (AvgIpc) is 3.18. The number of amides is 1. The van der Waals surface area contributed by atoms with Gasteiger partial charge in [-0.1, -0.05) is 29.8 Å². The molecule has 0 aliphatic heterocycles. The number of hydrogen-bond donors (Lipinski definition) is 1. The van der Waals surface area contributed by atoms with Crippen molar-refractivity contribution in [3.8, 4) is 0 Å². The van der Waals surface area contributed by atoms with Crippen LogP contribution in [0.4, 0.5) is 0 Å². The Labute approximate surface area is 129 Å². The molecule has 1 aliphatic carbocycles. The van der Waals surface area contributed by atoms with E-state index in [0.29, 0.717) is 11.6 Å². The van der Waals surface area contributed by atoms with Crippen LogP contribution in [0.25, 0.3) is 0 Å². The Balaban J connectivity index is 1.74. The second-order valence-corrected chi connectivity index (χ2v) is 5.96. The Kier molecular flexibility index (Phi) is 5.23. The number of nitrogens with one attached hydrogen (secondary N) is 1. The third kappa shape index (κ3) is 4.46. The molecule has 0 spiro atoms. The topological polar surface area (TPSA) is 55.4 Å². The summed E-state index contributed by atoms with van der Waals surface area (Å²) in [6.45, 7) is 3.92. The van der Waals surface area contributed by atoms with Gasteiger partial charge < -0.3 is 10.1 Å². The van der Waals surface area contributed by atoms with E-state index in [1.165, 1.54) is 0 Å². The monoisotopic (exact) mass is 309 g/mol. The third-order valence-electron chi connectivity index (χ3n) is 3.43. The lowest BCUT2D eigenvalue weighted by molar-refractivity contribution is -0.147. The van der Waals surface area contributed by atoms with Gasteiger partial charge in [0.1, 0.15) is 0 Å². The van der Waals surface area contributed by atoms with E-state index < -0.39 is 0 Å². The summed E-state index contributed by atoms with van der Waals surface area (Å²) in [5.41, 5.74) is 1.03. The molecule has 21 heavy (non-hydrogen) atoms. The molecule has 1 aromatic carbocycles. The van der Waals surface area contributed by atoms with Crippen molar-refractivity contribution in [2.45, 2.75) is 38.7 Å². The van der Waals surface area contributed by atoms with Crippen LogP contribution >= 0.6 is 11.6 Å². The molecule has 0 bridgehead atoms. The predicted octanol–water partition coefficient (Wildman–Crippen LogP) is 2.90. The first-order valence-electron chi connectivity index (χ1n) is 7.20. The highest BCUT2D eigenvalue weighted by Crippen LogP contribution is 2.49. The zero-order valence-electron chi connectivity index (χ0n) is 12.3. The van der Waals surface area contributed by atoms with Crippen molar-refractivity contribution in [1.82, 2.24) is 5.32 Å². The summed E-state index contributed by atoms with van der Waals surface area (Å²) in [5, 5.41) is 3.49. The highest BCUT2D eigenvalue weighted by Gasteiger charge is 2.44. The minimum Gasteiger partial charge on any atom is -0.463 e. The van der Waals surface area contributed by atoms with Crippen molar-refractivity contribution >= 4 is 23.5 Å². The minimum atomic E-state index is -0.288. The summed E-state index contributed by atoms with van der Waals surface area (Å²) in [6, 6.07) is 7.60. The van der Waals surface area contributed by atoms with E-state index in [9.17, 15) is 9.59 Å². The van der Waals surface area contributed by atoms with Gasteiger partial charge in [0, 0.05) is 17.5 Å². The molecule has 1 fully saturated rings. The number of esters is 1. The Morgan fingerprint density at radius 1 is 1.38 bits per heavy atom. The van der Waals surface area contributed by atoms with E-state index in [1.807, 2.05) is 24.3 Å². The first-order valence-corrected chi connectivity index (χ1v) is 7.58. The molecule has 4 nitrogen and oxygen atoms in total. The number of rotatable bonds is 6. The molecule has 0 heterocycles. The highest BCUT2D eigenvalue weighted by atomic mass is 35.5. The summed E-state index contributed by atoms with van der Waals surface area (Å²) in [4.78, 5) is 23.4. The summed E-state index contributed by atoms with van der Waals surface area (Å²) in [7, 11) is 0. The van der Waals surface area contributed by atoms with E-state index in [0.717, 1.165) is 12.0 Å². The summed E-state index contributed by atoms with van der Waals surface area (Å²) in [5.74, 6) is -0.145. The van der Waals surface area contributed by atoms with Crippen LogP contribution in [-0.4, -0.2) is 24.5 Å². The molecule has 0 aromatic heterocycles. The van der Waals surface area contributed by atoms with Crippen LogP contribution < -0.4 is 5.32 Å². The highest BCUT2D eigenvalue weighted by molar-refractivity contribution is 6.31. The fraction of sp³-hybridized carbons (Fsp3) is 0.500. The molecule has 1 amide bonds. The first kappa shape index (κ1) is 15.8. The van der Waals surface area contributed by atoms with Crippen molar-refractivity contribution < 1.29 is 14.3 Å². The van der Waals surface area contributed by atoms with Gasteiger partial charge in [-0.15, -0.1) is 0 Å². The summed E-state index contributed by atoms with van der Waals surface area (Å²) < 4.78 is 5.01. The van der Waals surface area contributed by atoms with Crippen molar-refractivity contribution in [2.24, 2.45) is 5.92 Å². The SMILES string of the molecule is CC(C)OC(=O)CCNC(=O)C1CC1c1ccccc1Cl. The Morgan fingerprint density at radius 3 is 2.76 bits per heavy atom. The van der Waals surface area contributed by atoms with Gasteiger partial charge in [0.05, 0.1) is 12.5 Å². The van der Waals surface area contributed by atoms with Gasteiger partial charge in [-0.2, -0.15) is 0 Å². The van der Waals surface area contributed by atoms with Crippen LogP contribution in [0, 0.1) is 5.92 Å². The van der Waals surface area contributed by atoms with Gasteiger partial charge in [-0.3, -0.25) is 9.59 Å². The largest absolute Gasteiger partial charge is 0.463 e. The Hall–Kier alpha value is -1.55. The smallest absolute Gasteiger partial charge is 0.307 e. The number of carbonyl (C=O) groups is 2. The predicted molar refractivity (Wildman–Crippen MR) is 81.2 cm³/mol. The quantitative estimate of drug-likeness (QED) is 0.822. The lowest BCUT2D eigenvalue weighted by Crippen LogP contribution is -2.28. The molecular formula is C16H20ClNO3. The molecule has 1 aromatic rings. The molecule has 5 heteroatoms. The zero-order valence-corrected chi connectivity index (χ0v) is 13.0.